The van der Waals surface area contributed by atoms with Crippen molar-refractivity contribution in [1.82, 2.24) is 4.57 Å². The van der Waals surface area contributed by atoms with E-state index in [1.54, 1.807) is 39.0 Å². The quantitative estimate of drug-likeness (QED) is 0.533. The molecule has 0 saturated heterocycles. The Hall–Kier alpha value is -3.91. The van der Waals surface area contributed by atoms with Crippen LogP contribution in [0.15, 0.2) is 71.0 Å². The molecule has 0 fully saturated rings. The van der Waals surface area contributed by atoms with Gasteiger partial charge in [0.25, 0.3) is 5.56 Å². The number of fused-ring (bicyclic) bond motifs is 1. The van der Waals surface area contributed by atoms with Gasteiger partial charge in [0.1, 0.15) is 10.5 Å². The maximum absolute atomic E-state index is 13.5. The number of carbonyl (C=O) groups is 2. The molecule has 180 valence electrons. The number of benzene rings is 2. The summed E-state index contributed by atoms with van der Waals surface area (Å²) in [5.74, 6) is -2.22. The molecule has 0 saturated carbocycles. The second kappa shape index (κ2) is 10.1. The molecule has 0 bridgehead atoms. The lowest BCUT2D eigenvalue weighted by Gasteiger charge is -2.27. The molecule has 3 aromatic rings. The number of nitrogens with zero attached hydrogens (tertiary/aromatic N) is 1. The molecule has 7 nitrogen and oxygen atoms in total. The van der Waals surface area contributed by atoms with E-state index in [9.17, 15) is 14.4 Å². The standard InChI is InChI=1S/C27H26N2O5S/c1-4-33-26(31)21-20(18-13-9-6-10-14-18)22(27(32)34-16(2)3)25-29(23(21)28)24(30)19(35-25)15-17-11-7-5-8-12-17/h5-16,20H,4,28H2,1-3H3/b19-15-. The molecule has 1 aliphatic heterocycles. The molecule has 4 rings (SSSR count). The molecule has 8 heteroatoms. The van der Waals surface area contributed by atoms with Gasteiger partial charge in [-0.2, -0.15) is 0 Å². The Kier molecular flexibility index (Phi) is 7.02. The summed E-state index contributed by atoms with van der Waals surface area (Å²) in [4.78, 5) is 40.1. The fraction of sp³-hybridized carbons (Fsp3) is 0.222. The summed E-state index contributed by atoms with van der Waals surface area (Å²) in [6.07, 6.45) is 1.33. The lowest BCUT2D eigenvalue weighted by Crippen LogP contribution is -2.42. The third-order valence-electron chi connectivity index (χ3n) is 5.44. The first kappa shape index (κ1) is 24.2. The Balaban J connectivity index is 2.11. The predicted molar refractivity (Wildman–Crippen MR) is 136 cm³/mol. The molecule has 1 unspecified atom stereocenters. The van der Waals surface area contributed by atoms with Crippen molar-refractivity contribution >= 4 is 40.7 Å². The normalized spacial score (nSPS) is 15.8. The van der Waals surface area contributed by atoms with Crippen LogP contribution >= 0.6 is 11.3 Å². The molecular formula is C27H26N2O5S. The van der Waals surface area contributed by atoms with Crippen molar-refractivity contribution in [3.05, 3.63) is 96.9 Å². The van der Waals surface area contributed by atoms with E-state index >= 15 is 0 Å². The number of aromatic nitrogens is 1. The number of carbonyl (C=O) groups excluding carboxylic acids is 2. The highest BCUT2D eigenvalue weighted by Gasteiger charge is 2.40. The molecule has 0 amide bonds. The highest BCUT2D eigenvalue weighted by molar-refractivity contribution is 7.07. The van der Waals surface area contributed by atoms with Crippen LogP contribution in [0.4, 0.5) is 0 Å². The smallest absolute Gasteiger partial charge is 0.338 e. The maximum Gasteiger partial charge on any atom is 0.338 e. The molecule has 2 aromatic carbocycles. The highest BCUT2D eigenvalue weighted by Crippen LogP contribution is 2.37. The van der Waals surface area contributed by atoms with Gasteiger partial charge in [-0.1, -0.05) is 60.7 Å². The summed E-state index contributed by atoms with van der Waals surface area (Å²) < 4.78 is 12.8. The number of esters is 2. The highest BCUT2D eigenvalue weighted by atomic mass is 32.1. The fourth-order valence-corrected chi connectivity index (χ4v) is 5.18. The van der Waals surface area contributed by atoms with E-state index in [0.717, 1.165) is 16.9 Å². The van der Waals surface area contributed by atoms with Crippen molar-refractivity contribution in [3.63, 3.8) is 0 Å². The van der Waals surface area contributed by atoms with Crippen molar-refractivity contribution in [2.45, 2.75) is 32.8 Å². The Labute approximate surface area is 206 Å². The van der Waals surface area contributed by atoms with Gasteiger partial charge in [0, 0.05) is 0 Å². The number of rotatable bonds is 6. The average molecular weight is 491 g/mol. The first-order valence-electron chi connectivity index (χ1n) is 11.3. The molecule has 1 aromatic heterocycles. The number of hydrogen-bond donors (Lipinski definition) is 1. The van der Waals surface area contributed by atoms with Gasteiger partial charge in [0.15, 0.2) is 0 Å². The zero-order valence-electron chi connectivity index (χ0n) is 19.7. The minimum absolute atomic E-state index is 0.0346. The summed E-state index contributed by atoms with van der Waals surface area (Å²) in [5, 5.41) is 0. The zero-order chi connectivity index (χ0) is 25.1. The molecule has 0 spiro atoms. The predicted octanol–water partition coefficient (Wildman–Crippen LogP) is 2.33. The Morgan fingerprint density at radius 1 is 1.03 bits per heavy atom. The van der Waals surface area contributed by atoms with Crippen molar-refractivity contribution in [1.29, 1.82) is 0 Å². The van der Waals surface area contributed by atoms with Crippen LogP contribution < -0.4 is 20.5 Å². The number of ether oxygens (including phenoxy) is 2. The van der Waals surface area contributed by atoms with E-state index in [2.05, 4.69) is 0 Å². The first-order valence-corrected chi connectivity index (χ1v) is 12.1. The van der Waals surface area contributed by atoms with Crippen LogP contribution in [0.5, 0.6) is 0 Å². The summed E-state index contributed by atoms with van der Waals surface area (Å²) in [6, 6.07) is 18.4. The fourth-order valence-electron chi connectivity index (χ4n) is 4.01. The van der Waals surface area contributed by atoms with E-state index in [4.69, 9.17) is 15.2 Å². The van der Waals surface area contributed by atoms with Crippen LogP contribution in [0, 0.1) is 0 Å². The molecule has 0 radical (unpaired) electrons. The minimum Gasteiger partial charge on any atom is -0.463 e. The molecule has 35 heavy (non-hydrogen) atoms. The SMILES string of the molecule is CCOC(=O)C1=C(N)n2c(s/c(=C\c3ccccc3)c2=O)=C(C(=O)OC(C)C)C1c1ccccc1. The van der Waals surface area contributed by atoms with E-state index in [1.807, 2.05) is 48.5 Å². The van der Waals surface area contributed by atoms with Crippen molar-refractivity contribution in [2.75, 3.05) is 6.61 Å². The number of nitrogens with two attached hydrogens (primary N) is 1. The van der Waals surface area contributed by atoms with Crippen molar-refractivity contribution < 1.29 is 19.1 Å². The van der Waals surface area contributed by atoms with Crippen LogP contribution in [-0.4, -0.2) is 29.2 Å². The van der Waals surface area contributed by atoms with E-state index in [1.165, 1.54) is 4.57 Å². The Morgan fingerprint density at radius 2 is 1.66 bits per heavy atom. The van der Waals surface area contributed by atoms with Gasteiger partial charge in [-0.3, -0.25) is 9.36 Å². The lowest BCUT2D eigenvalue weighted by atomic mass is 9.83. The van der Waals surface area contributed by atoms with Crippen LogP contribution in [-0.2, 0) is 19.1 Å². The molecule has 2 heterocycles. The third kappa shape index (κ3) is 4.70. The van der Waals surface area contributed by atoms with Crippen LogP contribution in [0.25, 0.3) is 17.5 Å². The topological polar surface area (TPSA) is 101 Å². The van der Waals surface area contributed by atoms with Crippen molar-refractivity contribution in [2.24, 2.45) is 5.73 Å². The van der Waals surface area contributed by atoms with Gasteiger partial charge in [-0.05, 0) is 38.0 Å². The summed E-state index contributed by atoms with van der Waals surface area (Å²) in [5.41, 5.74) is 7.76. The van der Waals surface area contributed by atoms with Gasteiger partial charge < -0.3 is 15.2 Å². The minimum atomic E-state index is -0.857. The molecule has 0 aliphatic carbocycles. The van der Waals surface area contributed by atoms with Gasteiger partial charge in [-0.25, -0.2) is 9.59 Å². The first-order chi connectivity index (χ1) is 16.8. The second-order valence-corrected chi connectivity index (χ2v) is 9.23. The molecule has 1 atom stereocenters. The molecule has 2 N–H and O–H groups in total. The van der Waals surface area contributed by atoms with Crippen molar-refractivity contribution in [3.8, 4) is 0 Å². The molecule has 1 aliphatic rings. The van der Waals surface area contributed by atoms with Gasteiger partial charge >= 0.3 is 11.9 Å². The van der Waals surface area contributed by atoms with Gasteiger partial charge in [0.2, 0.25) is 0 Å². The van der Waals surface area contributed by atoms with Gasteiger partial charge in [-0.15, -0.1) is 11.3 Å². The average Bonchev–Trinajstić information content (AvgIpc) is 3.15. The molecular weight excluding hydrogens is 464 g/mol. The Bertz CT molecular complexity index is 1470. The van der Waals surface area contributed by atoms with Crippen LogP contribution in [0.3, 0.4) is 0 Å². The van der Waals surface area contributed by atoms with E-state index < -0.39 is 29.5 Å². The van der Waals surface area contributed by atoms with Gasteiger partial charge in [0.05, 0.1) is 34.3 Å². The lowest BCUT2D eigenvalue weighted by molar-refractivity contribution is -0.140. The van der Waals surface area contributed by atoms with E-state index in [0.29, 0.717) is 14.8 Å². The largest absolute Gasteiger partial charge is 0.463 e. The third-order valence-corrected chi connectivity index (χ3v) is 6.54. The Morgan fingerprint density at radius 3 is 2.26 bits per heavy atom. The number of thiazole rings is 1. The maximum atomic E-state index is 13.5. The van der Waals surface area contributed by atoms with Crippen LogP contribution in [0.1, 0.15) is 37.8 Å². The monoisotopic (exact) mass is 490 g/mol. The summed E-state index contributed by atoms with van der Waals surface area (Å²) in [6.45, 7) is 5.28. The summed E-state index contributed by atoms with van der Waals surface area (Å²) in [7, 11) is 0. The summed E-state index contributed by atoms with van der Waals surface area (Å²) >= 11 is 1.14. The second-order valence-electron chi connectivity index (χ2n) is 8.20. The van der Waals surface area contributed by atoms with Crippen LogP contribution in [0.2, 0.25) is 0 Å². The number of hydrogen-bond acceptors (Lipinski definition) is 7. The van der Waals surface area contributed by atoms with E-state index in [-0.39, 0.29) is 23.6 Å². The zero-order valence-corrected chi connectivity index (χ0v) is 20.5.